The van der Waals surface area contributed by atoms with Crippen LogP contribution in [0.25, 0.3) is 28.2 Å². The fraction of sp³-hybridized carbons (Fsp3) is 0.158. The van der Waals surface area contributed by atoms with Gasteiger partial charge in [-0.2, -0.15) is 9.61 Å². The maximum absolute atomic E-state index is 15.2. The maximum atomic E-state index is 15.2. The fourth-order valence-electron chi connectivity index (χ4n) is 2.79. The quantitative estimate of drug-likeness (QED) is 0.601. The van der Waals surface area contributed by atoms with Gasteiger partial charge in [-0.1, -0.05) is 0 Å². The molecule has 0 amide bonds. The number of imidazole rings is 1. The predicted octanol–water partition coefficient (Wildman–Crippen LogP) is 3.36. The van der Waals surface area contributed by atoms with Gasteiger partial charge in [0.1, 0.15) is 17.2 Å². The van der Waals surface area contributed by atoms with Gasteiger partial charge in [0.05, 0.1) is 29.3 Å². The second-order valence-electron chi connectivity index (χ2n) is 6.58. The van der Waals surface area contributed by atoms with Gasteiger partial charge in [0.15, 0.2) is 0 Å². The van der Waals surface area contributed by atoms with Crippen molar-refractivity contribution >= 4 is 5.78 Å². The molecule has 0 fully saturated rings. The normalized spacial score (nSPS) is 11.9. The SMILES string of the molecule is CC(C)(O)c1cnn2c(-c3ccc(F)c(-c4ccncc4)c3F)cnc2n1. The van der Waals surface area contributed by atoms with Gasteiger partial charge in [-0.3, -0.25) is 4.98 Å². The summed E-state index contributed by atoms with van der Waals surface area (Å²) in [6, 6.07) is 5.61. The predicted molar refractivity (Wildman–Crippen MR) is 94.6 cm³/mol. The highest BCUT2D eigenvalue weighted by atomic mass is 19.1. The van der Waals surface area contributed by atoms with Gasteiger partial charge in [0.2, 0.25) is 0 Å². The molecule has 1 N–H and O–H groups in total. The number of aliphatic hydroxyl groups is 1. The van der Waals surface area contributed by atoms with Crippen LogP contribution in [0.4, 0.5) is 8.78 Å². The van der Waals surface area contributed by atoms with Crippen LogP contribution < -0.4 is 0 Å². The Hall–Kier alpha value is -3.26. The zero-order valence-corrected chi connectivity index (χ0v) is 14.6. The van der Waals surface area contributed by atoms with E-state index in [0.29, 0.717) is 17.0 Å². The van der Waals surface area contributed by atoms with Crippen molar-refractivity contribution in [2.24, 2.45) is 0 Å². The molecule has 1 aromatic carbocycles. The number of hydrogen-bond acceptors (Lipinski definition) is 5. The van der Waals surface area contributed by atoms with Crippen LogP contribution in [0.2, 0.25) is 0 Å². The number of benzene rings is 1. The van der Waals surface area contributed by atoms with Crippen LogP contribution in [0.5, 0.6) is 0 Å². The molecule has 0 aliphatic rings. The number of halogens is 2. The Morgan fingerprint density at radius 2 is 1.78 bits per heavy atom. The molecule has 0 aliphatic heterocycles. The molecule has 8 heteroatoms. The molecule has 0 radical (unpaired) electrons. The van der Waals surface area contributed by atoms with Crippen LogP contribution in [0.3, 0.4) is 0 Å². The van der Waals surface area contributed by atoms with Gasteiger partial charge in [-0.25, -0.2) is 18.7 Å². The zero-order valence-electron chi connectivity index (χ0n) is 14.6. The number of pyridine rings is 1. The van der Waals surface area contributed by atoms with Gasteiger partial charge in [0, 0.05) is 18.0 Å². The van der Waals surface area contributed by atoms with E-state index in [4.69, 9.17) is 0 Å². The second-order valence-corrected chi connectivity index (χ2v) is 6.58. The largest absolute Gasteiger partial charge is 0.384 e. The first kappa shape index (κ1) is 17.2. The summed E-state index contributed by atoms with van der Waals surface area (Å²) in [5.41, 5.74) is -0.147. The fourth-order valence-corrected chi connectivity index (χ4v) is 2.79. The van der Waals surface area contributed by atoms with Crippen molar-refractivity contribution in [3.05, 3.63) is 66.4 Å². The second kappa shape index (κ2) is 6.17. The van der Waals surface area contributed by atoms with Crippen LogP contribution >= 0.6 is 0 Å². The monoisotopic (exact) mass is 367 g/mol. The molecule has 0 saturated heterocycles. The van der Waals surface area contributed by atoms with E-state index in [9.17, 15) is 9.50 Å². The summed E-state index contributed by atoms with van der Waals surface area (Å²) < 4.78 is 30.9. The number of hydrogen-bond donors (Lipinski definition) is 1. The molecule has 0 aliphatic carbocycles. The number of aromatic nitrogens is 5. The van der Waals surface area contributed by atoms with E-state index in [2.05, 4.69) is 20.1 Å². The topological polar surface area (TPSA) is 76.2 Å². The van der Waals surface area contributed by atoms with Gasteiger partial charge >= 0.3 is 0 Å². The van der Waals surface area contributed by atoms with Crippen LogP contribution in [-0.4, -0.2) is 29.7 Å². The molecule has 0 atom stereocenters. The Balaban J connectivity index is 1.90. The van der Waals surface area contributed by atoms with Crippen molar-refractivity contribution in [2.75, 3.05) is 0 Å². The van der Waals surface area contributed by atoms with Gasteiger partial charge < -0.3 is 5.11 Å². The van der Waals surface area contributed by atoms with E-state index >= 15 is 4.39 Å². The Morgan fingerprint density at radius 3 is 2.48 bits per heavy atom. The Morgan fingerprint density at radius 1 is 1.04 bits per heavy atom. The molecule has 0 spiro atoms. The maximum Gasteiger partial charge on any atom is 0.251 e. The smallest absolute Gasteiger partial charge is 0.251 e. The van der Waals surface area contributed by atoms with Crippen LogP contribution in [0.15, 0.2) is 49.1 Å². The van der Waals surface area contributed by atoms with Crippen molar-refractivity contribution in [1.82, 2.24) is 24.6 Å². The van der Waals surface area contributed by atoms with Crippen molar-refractivity contribution in [3.8, 4) is 22.4 Å². The summed E-state index contributed by atoms with van der Waals surface area (Å²) in [6.07, 6.45) is 5.75. The number of nitrogens with zero attached hydrogens (tertiary/aromatic N) is 5. The number of rotatable bonds is 3. The minimum atomic E-state index is -1.18. The van der Waals surface area contributed by atoms with Crippen molar-refractivity contribution in [1.29, 1.82) is 0 Å². The van der Waals surface area contributed by atoms with Crippen LogP contribution in [0.1, 0.15) is 19.5 Å². The van der Waals surface area contributed by atoms with E-state index in [1.54, 1.807) is 13.8 Å². The highest BCUT2D eigenvalue weighted by molar-refractivity contribution is 5.73. The lowest BCUT2D eigenvalue weighted by Crippen LogP contribution is -2.19. The zero-order chi connectivity index (χ0) is 19.2. The Labute approximate surface area is 153 Å². The Kier molecular flexibility index (Phi) is 3.92. The molecule has 3 aromatic heterocycles. The van der Waals surface area contributed by atoms with Crippen LogP contribution in [-0.2, 0) is 5.60 Å². The number of fused-ring (bicyclic) bond motifs is 1. The highest BCUT2D eigenvalue weighted by Crippen LogP contribution is 2.33. The lowest BCUT2D eigenvalue weighted by Gasteiger charge is -2.15. The summed E-state index contributed by atoms with van der Waals surface area (Å²) in [7, 11) is 0. The van der Waals surface area contributed by atoms with Crippen molar-refractivity contribution in [3.63, 3.8) is 0 Å². The van der Waals surface area contributed by atoms with E-state index in [1.807, 2.05) is 0 Å². The third-order valence-electron chi connectivity index (χ3n) is 4.20. The van der Waals surface area contributed by atoms with Crippen molar-refractivity contribution < 1.29 is 13.9 Å². The molecule has 0 saturated carbocycles. The molecule has 3 heterocycles. The Bertz CT molecular complexity index is 1140. The summed E-state index contributed by atoms with van der Waals surface area (Å²) >= 11 is 0. The highest BCUT2D eigenvalue weighted by Gasteiger charge is 2.22. The summed E-state index contributed by atoms with van der Waals surface area (Å²) in [5, 5.41) is 14.3. The van der Waals surface area contributed by atoms with E-state index in [1.165, 1.54) is 53.6 Å². The standard InChI is InChI=1S/C19H15F2N5O/c1-19(2,27)15-10-24-26-14(9-23-18(26)25-15)12-3-4-13(20)16(17(12)21)11-5-7-22-8-6-11/h3-10,27H,1-2H3. The van der Waals surface area contributed by atoms with Gasteiger partial charge in [-0.15, -0.1) is 0 Å². The van der Waals surface area contributed by atoms with E-state index in [-0.39, 0.29) is 16.9 Å². The third kappa shape index (κ3) is 2.93. The van der Waals surface area contributed by atoms with Crippen molar-refractivity contribution in [2.45, 2.75) is 19.4 Å². The average Bonchev–Trinajstić information content (AvgIpc) is 3.05. The van der Waals surface area contributed by atoms with E-state index < -0.39 is 17.2 Å². The molecule has 0 unspecified atom stereocenters. The van der Waals surface area contributed by atoms with Gasteiger partial charge in [-0.05, 0) is 43.7 Å². The van der Waals surface area contributed by atoms with Crippen LogP contribution in [0, 0.1) is 11.6 Å². The lowest BCUT2D eigenvalue weighted by molar-refractivity contribution is 0.0734. The minimum absolute atomic E-state index is 0.140. The summed E-state index contributed by atoms with van der Waals surface area (Å²) in [4.78, 5) is 12.3. The molecular formula is C19H15F2N5O. The van der Waals surface area contributed by atoms with Gasteiger partial charge in [0.25, 0.3) is 5.78 Å². The van der Waals surface area contributed by atoms with E-state index in [0.717, 1.165) is 0 Å². The first-order chi connectivity index (χ1) is 12.9. The molecule has 27 heavy (non-hydrogen) atoms. The molecule has 4 rings (SSSR count). The third-order valence-corrected chi connectivity index (χ3v) is 4.20. The molecule has 6 nitrogen and oxygen atoms in total. The lowest BCUT2D eigenvalue weighted by atomic mass is 10.0. The molecule has 136 valence electrons. The summed E-state index contributed by atoms with van der Waals surface area (Å²) in [6.45, 7) is 3.16. The molecule has 0 bridgehead atoms. The summed E-state index contributed by atoms with van der Waals surface area (Å²) in [5.74, 6) is -1.19. The first-order valence-corrected chi connectivity index (χ1v) is 8.18. The molecular weight excluding hydrogens is 352 g/mol. The minimum Gasteiger partial charge on any atom is -0.384 e. The first-order valence-electron chi connectivity index (χ1n) is 8.18. The average molecular weight is 367 g/mol. The molecule has 4 aromatic rings.